The number of thioether (sulfide) groups is 1. The van der Waals surface area contributed by atoms with Gasteiger partial charge in [-0.25, -0.2) is 24.2 Å². The smallest absolute Gasteiger partial charge is 0.428 e. The molecule has 3 amide bonds. The van der Waals surface area contributed by atoms with Gasteiger partial charge in [-0.05, 0) is 66.2 Å². The van der Waals surface area contributed by atoms with Crippen molar-refractivity contribution in [3.63, 3.8) is 0 Å². The number of cyclic esters (lactones) is 1. The molecule has 1 fully saturated rings. The lowest BCUT2D eigenvalue weighted by atomic mass is 10.2. The molecule has 2 N–H and O–H groups in total. The second-order valence-electron chi connectivity index (χ2n) is 11.1. The van der Waals surface area contributed by atoms with Crippen LogP contribution in [0.5, 0.6) is 0 Å². The van der Waals surface area contributed by atoms with E-state index < -0.39 is 52.6 Å². The van der Waals surface area contributed by atoms with Gasteiger partial charge in [0, 0.05) is 5.56 Å². The van der Waals surface area contributed by atoms with E-state index in [9.17, 15) is 19.2 Å². The summed E-state index contributed by atoms with van der Waals surface area (Å²) in [5.74, 6) is -1.28. The minimum Gasteiger partial charge on any atom is -0.468 e. The molecule has 41 heavy (non-hydrogen) atoms. The zero-order valence-corrected chi connectivity index (χ0v) is 25.5. The van der Waals surface area contributed by atoms with E-state index in [-0.39, 0.29) is 29.4 Å². The maximum atomic E-state index is 15.5. The van der Waals surface area contributed by atoms with E-state index in [0.29, 0.717) is 12.8 Å². The van der Waals surface area contributed by atoms with Crippen LogP contribution in [0.25, 0.3) is 0 Å². The zero-order valence-electron chi connectivity index (χ0n) is 24.7. The number of ether oxygens (including phenoxy) is 4. The largest absolute Gasteiger partial charge is 0.468 e. The molecule has 0 bridgehead atoms. The summed E-state index contributed by atoms with van der Waals surface area (Å²) in [6, 6.07) is 3.99. The number of anilines is 1. The molecule has 1 aromatic rings. The van der Waals surface area contributed by atoms with Gasteiger partial charge in [0.1, 0.15) is 33.4 Å². The van der Waals surface area contributed by atoms with Crippen LogP contribution in [-0.2, 0) is 23.7 Å². The van der Waals surface area contributed by atoms with E-state index in [0.717, 1.165) is 17.8 Å². The summed E-state index contributed by atoms with van der Waals surface area (Å²) in [6.45, 7) is 12.2. The van der Waals surface area contributed by atoms with Gasteiger partial charge in [-0.15, -0.1) is 0 Å². The number of hydrazone groups is 1. The molecule has 0 aromatic heterocycles. The van der Waals surface area contributed by atoms with E-state index in [2.05, 4.69) is 15.8 Å². The van der Waals surface area contributed by atoms with Crippen molar-refractivity contribution < 1.29 is 42.5 Å². The Morgan fingerprint density at radius 2 is 1.78 bits per heavy atom. The molecule has 0 aliphatic carbocycles. The summed E-state index contributed by atoms with van der Waals surface area (Å²) in [7, 11) is 1.25. The van der Waals surface area contributed by atoms with Gasteiger partial charge < -0.3 is 24.3 Å². The van der Waals surface area contributed by atoms with Gasteiger partial charge in [0.05, 0.1) is 25.9 Å². The van der Waals surface area contributed by atoms with Crippen molar-refractivity contribution in [3.8, 4) is 0 Å². The molecule has 12 nitrogen and oxygen atoms in total. The molecule has 1 aromatic carbocycles. The van der Waals surface area contributed by atoms with Crippen LogP contribution in [0.2, 0.25) is 0 Å². The number of nitrogens with zero attached hydrogens (tertiary/aromatic N) is 2. The highest BCUT2D eigenvalue weighted by Crippen LogP contribution is 2.29. The summed E-state index contributed by atoms with van der Waals surface area (Å²) in [5, 5.41) is 5.89. The molecule has 0 spiro atoms. The first-order chi connectivity index (χ1) is 19.0. The van der Waals surface area contributed by atoms with E-state index in [1.54, 1.807) is 41.5 Å². The number of methoxy groups -OCH3 is 1. The lowest BCUT2D eigenvalue weighted by Gasteiger charge is -2.20. The number of benzene rings is 1. The number of nitrogens with one attached hydrogen (secondary N) is 2. The van der Waals surface area contributed by atoms with Crippen molar-refractivity contribution in [2.75, 3.05) is 25.1 Å². The number of hydrogen-bond acceptors (Lipinski definition) is 10. The third-order valence-electron chi connectivity index (χ3n) is 5.16. The van der Waals surface area contributed by atoms with E-state index in [1.165, 1.54) is 24.1 Å². The van der Waals surface area contributed by atoms with Gasteiger partial charge in [0.25, 0.3) is 0 Å². The van der Waals surface area contributed by atoms with Gasteiger partial charge in [0.15, 0.2) is 0 Å². The topological polar surface area (TPSA) is 145 Å². The Labute approximate surface area is 243 Å². The second-order valence-corrected chi connectivity index (χ2v) is 12.3. The van der Waals surface area contributed by atoms with E-state index in [1.807, 2.05) is 6.92 Å². The van der Waals surface area contributed by atoms with Gasteiger partial charge in [-0.2, -0.15) is 5.10 Å². The van der Waals surface area contributed by atoms with Crippen LogP contribution >= 0.6 is 11.8 Å². The average molecular weight is 599 g/mol. The SMILES string of the molecule is CCCC(SC(=NNC(=O)OC(C)(C)C)c1ccc(N2C[C@H](CNC(=O)OC(C)(C)C)OC2=O)cc1F)C(=O)OC. The molecule has 1 aliphatic heterocycles. The third kappa shape index (κ3) is 11.1. The van der Waals surface area contributed by atoms with Crippen molar-refractivity contribution in [1.29, 1.82) is 0 Å². The molecule has 1 unspecified atom stereocenters. The number of carbonyl (C=O) groups excluding carboxylic acids is 4. The first-order valence-corrected chi connectivity index (χ1v) is 14.0. The van der Waals surface area contributed by atoms with Crippen LogP contribution in [0, 0.1) is 5.82 Å². The van der Waals surface area contributed by atoms with Crippen molar-refractivity contribution in [2.24, 2.45) is 5.10 Å². The van der Waals surface area contributed by atoms with Crippen LogP contribution in [0.3, 0.4) is 0 Å². The molecule has 0 saturated carbocycles. The van der Waals surface area contributed by atoms with Crippen LogP contribution in [0.15, 0.2) is 23.3 Å². The summed E-state index contributed by atoms with van der Waals surface area (Å²) < 4.78 is 36.1. The van der Waals surface area contributed by atoms with Crippen molar-refractivity contribution in [1.82, 2.24) is 10.7 Å². The van der Waals surface area contributed by atoms with Gasteiger partial charge >= 0.3 is 24.2 Å². The number of amides is 3. The van der Waals surface area contributed by atoms with Crippen molar-refractivity contribution in [2.45, 2.75) is 83.9 Å². The Morgan fingerprint density at radius 3 is 2.34 bits per heavy atom. The lowest BCUT2D eigenvalue weighted by Crippen LogP contribution is -2.38. The quantitative estimate of drug-likeness (QED) is 0.133. The zero-order chi connectivity index (χ0) is 31.0. The first kappa shape index (κ1) is 33.7. The Morgan fingerprint density at radius 1 is 1.15 bits per heavy atom. The predicted octanol–water partition coefficient (Wildman–Crippen LogP) is 4.94. The van der Waals surface area contributed by atoms with Gasteiger partial charge in [-0.1, -0.05) is 25.1 Å². The molecule has 1 aliphatic rings. The van der Waals surface area contributed by atoms with E-state index >= 15 is 4.39 Å². The summed E-state index contributed by atoms with van der Waals surface area (Å²) in [4.78, 5) is 50.2. The Kier molecular flexibility index (Phi) is 11.8. The van der Waals surface area contributed by atoms with Gasteiger partial charge in [-0.3, -0.25) is 9.69 Å². The molecule has 1 saturated heterocycles. The predicted molar refractivity (Wildman–Crippen MR) is 152 cm³/mol. The molecule has 0 radical (unpaired) electrons. The highest BCUT2D eigenvalue weighted by molar-refractivity contribution is 8.15. The Hall–Kier alpha value is -3.55. The molecular formula is C27H39FN4O8S. The summed E-state index contributed by atoms with van der Waals surface area (Å²) in [6.07, 6.45) is -1.85. The monoisotopic (exact) mass is 598 g/mol. The fourth-order valence-corrected chi connectivity index (χ4v) is 4.70. The maximum Gasteiger partial charge on any atom is 0.428 e. The Balaban J connectivity index is 2.25. The number of alkyl carbamates (subject to hydrolysis) is 1. The first-order valence-electron chi connectivity index (χ1n) is 13.1. The summed E-state index contributed by atoms with van der Waals surface area (Å²) >= 11 is 0.934. The average Bonchev–Trinajstić information content (AvgIpc) is 3.22. The van der Waals surface area contributed by atoms with E-state index in [4.69, 9.17) is 18.9 Å². The van der Waals surface area contributed by atoms with Crippen LogP contribution in [-0.4, -0.2) is 72.0 Å². The number of rotatable bonds is 9. The fraction of sp³-hybridized carbons (Fsp3) is 0.593. The fourth-order valence-electron chi connectivity index (χ4n) is 3.50. The molecule has 2 atom stereocenters. The van der Waals surface area contributed by atoms with Crippen LogP contribution in [0.4, 0.5) is 24.5 Å². The standard InChI is InChI=1S/C27H39FN4O8S/c1-9-10-20(22(33)37-8)41-21(30-31-24(35)40-27(5,6)7)18-12-11-16(13-19(18)28)32-15-17(38-25(32)36)14-29-23(34)39-26(2,3)4/h11-13,17,20H,9-10,14-15H2,1-8H3,(H,29,34)(H,31,35)/t17-,20?/m0/s1. The number of halogens is 1. The Bertz CT molecular complexity index is 1150. The van der Waals surface area contributed by atoms with Crippen LogP contribution in [0.1, 0.15) is 66.9 Å². The molecular weight excluding hydrogens is 559 g/mol. The maximum absolute atomic E-state index is 15.5. The van der Waals surface area contributed by atoms with Crippen molar-refractivity contribution >= 4 is 46.7 Å². The highest BCUT2D eigenvalue weighted by Gasteiger charge is 2.34. The molecule has 1 heterocycles. The minimum atomic E-state index is -0.858. The number of esters is 1. The third-order valence-corrected chi connectivity index (χ3v) is 6.41. The lowest BCUT2D eigenvalue weighted by molar-refractivity contribution is -0.140. The molecule has 228 valence electrons. The number of hydrogen-bond donors (Lipinski definition) is 2. The van der Waals surface area contributed by atoms with Gasteiger partial charge in [0.2, 0.25) is 0 Å². The molecule has 2 rings (SSSR count). The van der Waals surface area contributed by atoms with Crippen LogP contribution < -0.4 is 15.6 Å². The number of carbonyl (C=O) groups is 4. The summed E-state index contributed by atoms with van der Waals surface area (Å²) in [5.41, 5.74) is 0.963. The van der Waals surface area contributed by atoms with Crippen molar-refractivity contribution in [3.05, 3.63) is 29.6 Å². The second kappa shape index (κ2) is 14.4. The molecule has 14 heteroatoms. The highest BCUT2D eigenvalue weighted by atomic mass is 32.2. The normalized spacial score (nSPS) is 16.5. The minimum absolute atomic E-state index is 0.00666.